The summed E-state index contributed by atoms with van der Waals surface area (Å²) >= 11 is 0. The molecule has 1 aliphatic heterocycles. The minimum absolute atomic E-state index is 0. The maximum absolute atomic E-state index is 12.3. The average Bonchev–Trinajstić information content (AvgIpc) is 2.49. The summed E-state index contributed by atoms with van der Waals surface area (Å²) in [6.07, 6.45) is 1.83. The molecule has 0 aliphatic carbocycles. The summed E-state index contributed by atoms with van der Waals surface area (Å²) in [4.78, 5) is 12.3. The predicted molar refractivity (Wildman–Crippen MR) is 109 cm³/mol. The van der Waals surface area contributed by atoms with E-state index in [0.29, 0.717) is 0 Å². The van der Waals surface area contributed by atoms with Gasteiger partial charge in [0, 0.05) is 17.1 Å². The fraction of sp³-hybridized carbons (Fsp3) is 0.476. The molecule has 2 aromatic rings. The van der Waals surface area contributed by atoms with Crippen LogP contribution in [0, 0.1) is 0 Å². The largest absolute Gasteiger partial charge is 0.484 e. The summed E-state index contributed by atoms with van der Waals surface area (Å²) in [5, 5.41) is 9.04. The zero-order valence-electron chi connectivity index (χ0n) is 16.0. The standard InChI is InChI=1S/C21H28N2O2.ClH/c1-20(2)12-17(13-21(3,4)23-20)22-19(24)14-25-18-10-9-15-7-5-6-8-16(15)11-18;/h5-11,17,23H,12-14H2,1-4H3,(H,22,24);1H. The van der Waals surface area contributed by atoms with Gasteiger partial charge in [-0.15, -0.1) is 12.4 Å². The van der Waals surface area contributed by atoms with Crippen LogP contribution in [0.5, 0.6) is 5.75 Å². The van der Waals surface area contributed by atoms with Crippen molar-refractivity contribution in [3.05, 3.63) is 42.5 Å². The van der Waals surface area contributed by atoms with Gasteiger partial charge < -0.3 is 15.4 Å². The van der Waals surface area contributed by atoms with Crippen LogP contribution in [-0.4, -0.2) is 29.6 Å². The lowest BCUT2D eigenvalue weighted by molar-refractivity contribution is -0.124. The van der Waals surface area contributed by atoms with Gasteiger partial charge in [-0.25, -0.2) is 0 Å². The van der Waals surface area contributed by atoms with Crippen LogP contribution < -0.4 is 15.4 Å². The second-order valence-electron chi connectivity index (χ2n) is 8.36. The van der Waals surface area contributed by atoms with Gasteiger partial charge in [-0.2, -0.15) is 0 Å². The van der Waals surface area contributed by atoms with E-state index in [9.17, 15) is 4.79 Å². The number of hydrogen-bond donors (Lipinski definition) is 2. The van der Waals surface area contributed by atoms with Crippen molar-refractivity contribution in [1.29, 1.82) is 0 Å². The fourth-order valence-electron chi connectivity index (χ4n) is 4.10. The Balaban J connectivity index is 0.00000243. The first kappa shape index (κ1) is 20.5. The molecular weight excluding hydrogens is 348 g/mol. The second-order valence-corrected chi connectivity index (χ2v) is 8.36. The number of halogens is 1. The van der Waals surface area contributed by atoms with Crippen molar-refractivity contribution in [2.75, 3.05) is 6.61 Å². The van der Waals surface area contributed by atoms with Gasteiger partial charge in [0.15, 0.2) is 6.61 Å². The predicted octanol–water partition coefficient (Wildman–Crippen LogP) is 4.07. The number of ether oxygens (including phenoxy) is 1. The molecule has 1 saturated heterocycles. The molecule has 1 amide bonds. The van der Waals surface area contributed by atoms with Crippen LogP contribution in [0.15, 0.2) is 42.5 Å². The maximum Gasteiger partial charge on any atom is 0.258 e. The topological polar surface area (TPSA) is 50.4 Å². The van der Waals surface area contributed by atoms with E-state index >= 15 is 0 Å². The van der Waals surface area contributed by atoms with Crippen LogP contribution in [0.4, 0.5) is 0 Å². The van der Waals surface area contributed by atoms with Gasteiger partial charge in [-0.3, -0.25) is 4.79 Å². The molecule has 1 aliphatic rings. The van der Waals surface area contributed by atoms with E-state index in [1.807, 2.05) is 36.4 Å². The molecule has 2 aromatic carbocycles. The van der Waals surface area contributed by atoms with Crippen LogP contribution in [-0.2, 0) is 4.79 Å². The SMILES string of the molecule is CC1(C)CC(NC(=O)COc2ccc3ccccc3c2)CC(C)(C)N1.Cl. The van der Waals surface area contributed by atoms with Crippen LogP contribution in [0.1, 0.15) is 40.5 Å². The number of rotatable bonds is 4. The molecule has 142 valence electrons. The molecule has 0 aromatic heterocycles. The number of benzene rings is 2. The highest BCUT2D eigenvalue weighted by atomic mass is 35.5. The summed E-state index contributed by atoms with van der Waals surface area (Å²) in [5.74, 6) is 0.659. The van der Waals surface area contributed by atoms with Crippen molar-refractivity contribution in [2.24, 2.45) is 0 Å². The number of fused-ring (bicyclic) bond motifs is 1. The third-order valence-corrected chi connectivity index (χ3v) is 4.65. The molecule has 0 spiro atoms. The third-order valence-electron chi connectivity index (χ3n) is 4.65. The van der Waals surface area contributed by atoms with Crippen molar-refractivity contribution >= 4 is 29.1 Å². The van der Waals surface area contributed by atoms with Gasteiger partial charge in [-0.1, -0.05) is 30.3 Å². The Hall–Kier alpha value is -1.78. The average molecular weight is 377 g/mol. The minimum Gasteiger partial charge on any atom is -0.484 e. The molecule has 1 heterocycles. The number of hydrogen-bond acceptors (Lipinski definition) is 3. The molecule has 5 heteroatoms. The Kier molecular flexibility index (Phi) is 6.20. The summed E-state index contributed by atoms with van der Waals surface area (Å²) < 4.78 is 5.69. The summed E-state index contributed by atoms with van der Waals surface area (Å²) in [7, 11) is 0. The number of amides is 1. The molecule has 26 heavy (non-hydrogen) atoms. The molecule has 2 N–H and O–H groups in total. The van der Waals surface area contributed by atoms with E-state index in [0.717, 1.165) is 24.0 Å². The number of nitrogens with one attached hydrogen (secondary N) is 2. The van der Waals surface area contributed by atoms with Crippen LogP contribution in [0.3, 0.4) is 0 Å². The van der Waals surface area contributed by atoms with Gasteiger partial charge >= 0.3 is 0 Å². The summed E-state index contributed by atoms with van der Waals surface area (Å²) in [6, 6.07) is 14.2. The molecule has 0 bridgehead atoms. The monoisotopic (exact) mass is 376 g/mol. The van der Waals surface area contributed by atoms with Crippen molar-refractivity contribution in [1.82, 2.24) is 10.6 Å². The van der Waals surface area contributed by atoms with Gasteiger partial charge in [0.05, 0.1) is 0 Å². The first-order valence-electron chi connectivity index (χ1n) is 8.93. The van der Waals surface area contributed by atoms with Gasteiger partial charge in [0.2, 0.25) is 0 Å². The van der Waals surface area contributed by atoms with Crippen LogP contribution in [0.2, 0.25) is 0 Å². The normalized spacial score (nSPS) is 18.8. The molecule has 0 saturated carbocycles. The van der Waals surface area contributed by atoms with E-state index in [1.165, 1.54) is 5.39 Å². The highest BCUT2D eigenvalue weighted by molar-refractivity contribution is 5.85. The minimum atomic E-state index is -0.0633. The summed E-state index contributed by atoms with van der Waals surface area (Å²) in [6.45, 7) is 8.76. The Bertz CT molecular complexity index is 757. The Morgan fingerprint density at radius 2 is 1.69 bits per heavy atom. The Morgan fingerprint density at radius 3 is 2.35 bits per heavy atom. The van der Waals surface area contributed by atoms with Crippen molar-refractivity contribution in [3.63, 3.8) is 0 Å². The molecule has 3 rings (SSSR count). The molecule has 0 atom stereocenters. The second kappa shape index (κ2) is 7.85. The van der Waals surface area contributed by atoms with Gasteiger partial charge in [0.1, 0.15) is 5.75 Å². The number of carbonyl (C=O) groups is 1. The Labute approximate surface area is 162 Å². The van der Waals surface area contributed by atoms with Crippen molar-refractivity contribution in [2.45, 2.75) is 57.7 Å². The van der Waals surface area contributed by atoms with Crippen LogP contribution >= 0.6 is 12.4 Å². The first-order valence-corrected chi connectivity index (χ1v) is 8.93. The first-order chi connectivity index (χ1) is 11.7. The van der Waals surface area contributed by atoms with E-state index in [1.54, 1.807) is 0 Å². The van der Waals surface area contributed by atoms with Gasteiger partial charge in [-0.05, 0) is 63.4 Å². The molecular formula is C21H29ClN2O2. The quantitative estimate of drug-likeness (QED) is 0.845. The van der Waals surface area contributed by atoms with Crippen molar-refractivity contribution < 1.29 is 9.53 Å². The van der Waals surface area contributed by atoms with E-state index in [-0.39, 0.29) is 42.0 Å². The number of carbonyl (C=O) groups excluding carboxylic acids is 1. The molecule has 4 nitrogen and oxygen atoms in total. The molecule has 0 unspecified atom stereocenters. The van der Waals surface area contributed by atoms with Gasteiger partial charge in [0.25, 0.3) is 5.91 Å². The van der Waals surface area contributed by atoms with E-state index < -0.39 is 0 Å². The van der Waals surface area contributed by atoms with E-state index in [2.05, 4.69) is 44.4 Å². The highest BCUT2D eigenvalue weighted by Gasteiger charge is 2.38. The van der Waals surface area contributed by atoms with Crippen molar-refractivity contribution in [3.8, 4) is 5.75 Å². The third kappa shape index (κ3) is 5.36. The van der Waals surface area contributed by atoms with Crippen LogP contribution in [0.25, 0.3) is 10.8 Å². The lowest BCUT2D eigenvalue weighted by Crippen LogP contribution is -2.62. The highest BCUT2D eigenvalue weighted by Crippen LogP contribution is 2.28. The Morgan fingerprint density at radius 1 is 1.08 bits per heavy atom. The number of piperidine rings is 1. The molecule has 1 fully saturated rings. The fourth-order valence-corrected chi connectivity index (χ4v) is 4.10. The zero-order chi connectivity index (χ0) is 18.1. The lowest BCUT2D eigenvalue weighted by Gasteiger charge is -2.46. The zero-order valence-corrected chi connectivity index (χ0v) is 16.8. The lowest BCUT2D eigenvalue weighted by atomic mass is 9.79. The summed E-state index contributed by atoms with van der Waals surface area (Å²) in [5.41, 5.74) is 0.0256. The smallest absolute Gasteiger partial charge is 0.258 e. The molecule has 0 radical (unpaired) electrons. The maximum atomic E-state index is 12.3. The van der Waals surface area contributed by atoms with E-state index in [4.69, 9.17) is 4.74 Å².